The minimum Gasteiger partial charge on any atom is -0.480 e. The summed E-state index contributed by atoms with van der Waals surface area (Å²) >= 11 is 0. The molecule has 0 atom stereocenters. The SMILES string of the molecule is COc1nc(OC)c2ccccc2n1. The standard InChI is InChI=1S/C10H10N2O2/c1-13-9-7-5-3-4-6-8(7)11-10(12-9)14-2/h3-6H,1-2H3. The highest BCUT2D eigenvalue weighted by Gasteiger charge is 2.06. The first kappa shape index (κ1) is 8.74. The van der Waals surface area contributed by atoms with Gasteiger partial charge < -0.3 is 9.47 Å². The molecule has 0 bridgehead atoms. The van der Waals surface area contributed by atoms with Gasteiger partial charge in [0.05, 0.1) is 25.1 Å². The van der Waals surface area contributed by atoms with Crippen LogP contribution < -0.4 is 9.47 Å². The zero-order valence-electron chi connectivity index (χ0n) is 8.02. The van der Waals surface area contributed by atoms with Crippen LogP contribution >= 0.6 is 0 Å². The van der Waals surface area contributed by atoms with Crippen molar-refractivity contribution in [1.29, 1.82) is 0 Å². The van der Waals surface area contributed by atoms with Crippen molar-refractivity contribution in [2.24, 2.45) is 0 Å². The molecule has 0 amide bonds. The number of aromatic nitrogens is 2. The molecule has 0 N–H and O–H groups in total. The monoisotopic (exact) mass is 190 g/mol. The Morgan fingerprint density at radius 3 is 2.50 bits per heavy atom. The second kappa shape index (κ2) is 3.49. The van der Waals surface area contributed by atoms with Crippen molar-refractivity contribution in [3.63, 3.8) is 0 Å². The normalized spacial score (nSPS) is 10.1. The average molecular weight is 190 g/mol. The van der Waals surface area contributed by atoms with Crippen LogP contribution in [0.5, 0.6) is 11.9 Å². The van der Waals surface area contributed by atoms with Gasteiger partial charge in [-0.2, -0.15) is 9.97 Å². The lowest BCUT2D eigenvalue weighted by atomic mass is 10.2. The molecular formula is C10H10N2O2. The Morgan fingerprint density at radius 1 is 1.00 bits per heavy atom. The summed E-state index contributed by atoms with van der Waals surface area (Å²) in [5, 5.41) is 0.885. The third-order valence-electron chi connectivity index (χ3n) is 1.92. The van der Waals surface area contributed by atoms with E-state index in [1.165, 1.54) is 7.11 Å². The van der Waals surface area contributed by atoms with Crippen molar-refractivity contribution >= 4 is 10.9 Å². The van der Waals surface area contributed by atoms with Gasteiger partial charge in [0.25, 0.3) is 0 Å². The number of rotatable bonds is 2. The second-order valence-corrected chi connectivity index (χ2v) is 2.74. The molecule has 72 valence electrons. The van der Waals surface area contributed by atoms with Crippen molar-refractivity contribution in [3.8, 4) is 11.9 Å². The van der Waals surface area contributed by atoms with Crippen LogP contribution in [-0.2, 0) is 0 Å². The Kier molecular flexibility index (Phi) is 2.18. The summed E-state index contributed by atoms with van der Waals surface area (Å²) in [5.74, 6) is 0.535. The van der Waals surface area contributed by atoms with Gasteiger partial charge in [-0.25, -0.2) is 0 Å². The molecule has 4 nitrogen and oxygen atoms in total. The van der Waals surface area contributed by atoms with Crippen molar-refractivity contribution < 1.29 is 9.47 Å². The van der Waals surface area contributed by atoms with Gasteiger partial charge in [0.1, 0.15) is 0 Å². The van der Waals surface area contributed by atoms with E-state index < -0.39 is 0 Å². The Hall–Kier alpha value is -1.84. The summed E-state index contributed by atoms with van der Waals surface area (Å²) in [6.45, 7) is 0. The Morgan fingerprint density at radius 2 is 1.79 bits per heavy atom. The zero-order valence-corrected chi connectivity index (χ0v) is 8.02. The van der Waals surface area contributed by atoms with Gasteiger partial charge in [-0.15, -0.1) is 0 Å². The molecule has 14 heavy (non-hydrogen) atoms. The topological polar surface area (TPSA) is 44.2 Å². The van der Waals surface area contributed by atoms with Crippen LogP contribution in [0.1, 0.15) is 0 Å². The van der Waals surface area contributed by atoms with Gasteiger partial charge in [-0.3, -0.25) is 0 Å². The van der Waals surface area contributed by atoms with Crippen molar-refractivity contribution in [1.82, 2.24) is 9.97 Å². The predicted octanol–water partition coefficient (Wildman–Crippen LogP) is 1.65. The minimum atomic E-state index is 0.320. The second-order valence-electron chi connectivity index (χ2n) is 2.74. The van der Waals surface area contributed by atoms with Crippen molar-refractivity contribution in [2.45, 2.75) is 0 Å². The number of hydrogen-bond donors (Lipinski definition) is 0. The van der Waals surface area contributed by atoms with Gasteiger partial charge in [-0.1, -0.05) is 12.1 Å². The quantitative estimate of drug-likeness (QED) is 0.722. The van der Waals surface area contributed by atoms with Gasteiger partial charge in [0.15, 0.2) is 0 Å². The maximum Gasteiger partial charge on any atom is 0.320 e. The highest BCUT2D eigenvalue weighted by atomic mass is 16.5. The molecular weight excluding hydrogens is 180 g/mol. The molecule has 1 heterocycles. The van der Waals surface area contributed by atoms with Crippen molar-refractivity contribution in [3.05, 3.63) is 24.3 Å². The van der Waals surface area contributed by atoms with Crippen LogP contribution in [0, 0.1) is 0 Å². The van der Waals surface area contributed by atoms with Crippen LogP contribution in [-0.4, -0.2) is 24.2 Å². The highest BCUT2D eigenvalue weighted by molar-refractivity contribution is 5.83. The molecule has 0 saturated heterocycles. The minimum absolute atomic E-state index is 0.320. The lowest BCUT2D eigenvalue weighted by Gasteiger charge is -2.05. The average Bonchev–Trinajstić information content (AvgIpc) is 2.27. The Bertz CT molecular complexity index is 457. The van der Waals surface area contributed by atoms with Gasteiger partial charge in [0, 0.05) is 0 Å². The maximum absolute atomic E-state index is 5.14. The number of para-hydroxylation sites is 1. The molecule has 0 saturated carbocycles. The summed E-state index contributed by atoms with van der Waals surface area (Å²) in [4.78, 5) is 8.27. The van der Waals surface area contributed by atoms with Crippen LogP contribution in [0.4, 0.5) is 0 Å². The maximum atomic E-state index is 5.14. The van der Waals surface area contributed by atoms with E-state index in [4.69, 9.17) is 9.47 Å². The first-order valence-corrected chi connectivity index (χ1v) is 4.20. The molecule has 0 unspecified atom stereocenters. The Labute approximate surface area is 81.5 Å². The number of nitrogens with zero attached hydrogens (tertiary/aromatic N) is 2. The molecule has 0 radical (unpaired) electrons. The number of fused-ring (bicyclic) bond motifs is 1. The molecule has 0 aliphatic rings. The van der Waals surface area contributed by atoms with E-state index in [9.17, 15) is 0 Å². The van der Waals surface area contributed by atoms with Crippen LogP contribution in [0.3, 0.4) is 0 Å². The summed E-state index contributed by atoms with van der Waals surface area (Å²) in [5.41, 5.74) is 0.816. The van der Waals surface area contributed by atoms with Crippen LogP contribution in [0.25, 0.3) is 10.9 Å². The smallest absolute Gasteiger partial charge is 0.320 e. The van der Waals surface area contributed by atoms with Crippen molar-refractivity contribution in [2.75, 3.05) is 14.2 Å². The highest BCUT2D eigenvalue weighted by Crippen LogP contribution is 2.23. The number of ether oxygens (including phenoxy) is 2. The molecule has 2 rings (SSSR count). The largest absolute Gasteiger partial charge is 0.480 e. The van der Waals surface area contributed by atoms with Gasteiger partial charge in [0.2, 0.25) is 5.88 Å². The fourth-order valence-corrected chi connectivity index (χ4v) is 1.27. The van der Waals surface area contributed by atoms with Gasteiger partial charge in [-0.05, 0) is 12.1 Å². The summed E-state index contributed by atoms with van der Waals surface area (Å²) in [7, 11) is 3.11. The summed E-state index contributed by atoms with van der Waals surface area (Å²) < 4.78 is 10.1. The number of methoxy groups -OCH3 is 2. The molecule has 0 spiro atoms. The molecule has 1 aromatic heterocycles. The lowest BCUT2D eigenvalue weighted by molar-refractivity contribution is 0.357. The van der Waals surface area contributed by atoms with Crippen LogP contribution in [0.2, 0.25) is 0 Å². The molecule has 2 aromatic rings. The van der Waals surface area contributed by atoms with Crippen LogP contribution in [0.15, 0.2) is 24.3 Å². The third-order valence-corrected chi connectivity index (χ3v) is 1.92. The Balaban J connectivity index is 2.73. The van der Waals surface area contributed by atoms with E-state index in [1.807, 2.05) is 24.3 Å². The lowest BCUT2D eigenvalue weighted by Crippen LogP contribution is -1.96. The number of benzene rings is 1. The molecule has 0 fully saturated rings. The van der Waals surface area contributed by atoms with E-state index in [1.54, 1.807) is 7.11 Å². The number of hydrogen-bond acceptors (Lipinski definition) is 4. The van der Waals surface area contributed by atoms with E-state index >= 15 is 0 Å². The third kappa shape index (κ3) is 1.35. The summed E-state index contributed by atoms with van der Waals surface area (Å²) in [6.07, 6.45) is 0. The molecule has 0 aliphatic heterocycles. The van der Waals surface area contributed by atoms with E-state index in [-0.39, 0.29) is 0 Å². The fourth-order valence-electron chi connectivity index (χ4n) is 1.27. The zero-order chi connectivity index (χ0) is 9.97. The fraction of sp³-hybridized carbons (Fsp3) is 0.200. The summed E-state index contributed by atoms with van der Waals surface area (Å²) in [6, 6.07) is 7.95. The predicted molar refractivity (Wildman–Crippen MR) is 52.6 cm³/mol. The first-order chi connectivity index (χ1) is 6.85. The molecule has 0 aliphatic carbocycles. The van der Waals surface area contributed by atoms with E-state index in [0.717, 1.165) is 10.9 Å². The van der Waals surface area contributed by atoms with E-state index in [0.29, 0.717) is 11.9 Å². The first-order valence-electron chi connectivity index (χ1n) is 4.20. The molecule has 1 aromatic carbocycles. The molecule has 4 heteroatoms. The van der Waals surface area contributed by atoms with E-state index in [2.05, 4.69) is 9.97 Å². The van der Waals surface area contributed by atoms with Gasteiger partial charge >= 0.3 is 6.01 Å².